The summed E-state index contributed by atoms with van der Waals surface area (Å²) >= 11 is 0. The van der Waals surface area contributed by atoms with Crippen molar-refractivity contribution in [2.24, 2.45) is 5.73 Å². The maximum Gasteiger partial charge on any atom is 0.418 e. The van der Waals surface area contributed by atoms with Crippen molar-refractivity contribution < 1.29 is 23.1 Å². The van der Waals surface area contributed by atoms with Crippen LogP contribution in [-0.2, 0) is 16.4 Å². The fourth-order valence-corrected chi connectivity index (χ4v) is 2.17. The molecule has 4 nitrogen and oxygen atoms in total. The summed E-state index contributed by atoms with van der Waals surface area (Å²) in [5.41, 5.74) is 3.43. The highest BCUT2D eigenvalue weighted by atomic mass is 19.4. The molecule has 0 spiro atoms. The van der Waals surface area contributed by atoms with Crippen molar-refractivity contribution in [1.29, 1.82) is 0 Å². The van der Waals surface area contributed by atoms with Crippen LogP contribution in [0.3, 0.4) is 0 Å². The summed E-state index contributed by atoms with van der Waals surface area (Å²) in [5.74, 6) is -1.29. The smallest absolute Gasteiger partial charge is 0.418 e. The van der Waals surface area contributed by atoms with Gasteiger partial charge in [0.05, 0.1) is 5.56 Å². The van der Waals surface area contributed by atoms with Gasteiger partial charge in [0.2, 0.25) is 0 Å². The fraction of sp³-hybridized carbons (Fsp3) is 0.455. The number of carbonyl (C=O) groups is 1. The molecule has 1 aromatic rings. The van der Waals surface area contributed by atoms with Crippen LogP contribution in [0.5, 0.6) is 0 Å². The molecule has 0 radical (unpaired) electrons. The minimum atomic E-state index is -4.56. The second-order valence-corrected chi connectivity index (χ2v) is 4.39. The van der Waals surface area contributed by atoms with Gasteiger partial charge in [-0.15, -0.1) is 0 Å². The first kappa shape index (κ1) is 12.8. The topological polar surface area (TPSA) is 76.2 Å². The van der Waals surface area contributed by atoms with E-state index in [2.05, 4.69) is 4.98 Å². The van der Waals surface area contributed by atoms with Crippen molar-refractivity contribution in [3.63, 3.8) is 0 Å². The number of alkyl halides is 3. The van der Waals surface area contributed by atoms with Crippen molar-refractivity contribution in [2.75, 3.05) is 0 Å². The summed E-state index contributed by atoms with van der Waals surface area (Å²) in [5, 5.41) is 8.89. The van der Waals surface area contributed by atoms with Gasteiger partial charge < -0.3 is 10.8 Å². The molecule has 98 valence electrons. The van der Waals surface area contributed by atoms with E-state index in [0.29, 0.717) is 19.0 Å². The van der Waals surface area contributed by atoms with Gasteiger partial charge in [-0.2, -0.15) is 13.2 Å². The molecule has 1 heterocycles. The molecule has 0 aromatic carbocycles. The lowest BCUT2D eigenvalue weighted by atomic mass is 9.86. The Morgan fingerprint density at radius 2 is 2.11 bits per heavy atom. The van der Waals surface area contributed by atoms with Crippen LogP contribution in [-0.4, -0.2) is 22.1 Å². The van der Waals surface area contributed by atoms with E-state index in [0.717, 1.165) is 0 Å². The molecule has 1 aliphatic rings. The summed E-state index contributed by atoms with van der Waals surface area (Å²) in [6.07, 6.45) is -1.94. The second-order valence-electron chi connectivity index (χ2n) is 4.39. The number of halogens is 3. The SMILES string of the molecule is NC(C(=O)O)C1(c2ccncc2C(F)(F)F)CC1. The second kappa shape index (κ2) is 3.94. The quantitative estimate of drug-likeness (QED) is 0.864. The highest BCUT2D eigenvalue weighted by molar-refractivity contribution is 5.77. The molecule has 2 rings (SSSR count). The highest BCUT2D eigenvalue weighted by Gasteiger charge is 2.55. The lowest BCUT2D eigenvalue weighted by Gasteiger charge is -2.23. The lowest BCUT2D eigenvalue weighted by Crippen LogP contribution is -2.42. The van der Waals surface area contributed by atoms with Crippen molar-refractivity contribution in [1.82, 2.24) is 4.98 Å². The van der Waals surface area contributed by atoms with E-state index in [1.807, 2.05) is 0 Å². The van der Waals surface area contributed by atoms with Gasteiger partial charge in [0.1, 0.15) is 6.04 Å². The summed E-state index contributed by atoms with van der Waals surface area (Å²) in [7, 11) is 0. The predicted molar refractivity (Wildman–Crippen MR) is 55.8 cm³/mol. The number of rotatable bonds is 3. The van der Waals surface area contributed by atoms with Crippen LogP contribution < -0.4 is 5.73 Å². The van der Waals surface area contributed by atoms with Crippen LogP contribution >= 0.6 is 0 Å². The Morgan fingerprint density at radius 1 is 1.50 bits per heavy atom. The standard InChI is InChI=1S/C11H11F3N2O2/c12-11(13,14)7-5-16-4-1-6(7)10(2-3-10)8(15)9(17)18/h1,4-5,8H,2-3,15H2,(H,17,18). The van der Waals surface area contributed by atoms with Crippen LogP contribution in [0, 0.1) is 0 Å². The number of carboxylic acid groups (broad SMARTS) is 1. The van der Waals surface area contributed by atoms with Gasteiger partial charge in [-0.25, -0.2) is 0 Å². The van der Waals surface area contributed by atoms with Crippen molar-refractivity contribution in [3.8, 4) is 0 Å². The average Bonchev–Trinajstić information content (AvgIpc) is 3.08. The summed E-state index contributed by atoms with van der Waals surface area (Å²) < 4.78 is 38.5. The molecule has 1 aromatic heterocycles. The van der Waals surface area contributed by atoms with E-state index in [-0.39, 0.29) is 5.56 Å². The molecule has 18 heavy (non-hydrogen) atoms. The number of hydrogen-bond donors (Lipinski definition) is 2. The summed E-state index contributed by atoms with van der Waals surface area (Å²) in [4.78, 5) is 14.3. The first-order valence-electron chi connectivity index (χ1n) is 5.29. The molecular formula is C11H11F3N2O2. The van der Waals surface area contributed by atoms with E-state index in [1.54, 1.807) is 0 Å². The molecule has 0 aliphatic heterocycles. The first-order valence-corrected chi connectivity index (χ1v) is 5.29. The molecule has 0 bridgehead atoms. The first-order chi connectivity index (χ1) is 8.29. The Morgan fingerprint density at radius 3 is 2.56 bits per heavy atom. The Kier molecular flexibility index (Phi) is 2.81. The zero-order valence-electron chi connectivity index (χ0n) is 9.24. The van der Waals surface area contributed by atoms with Crippen LogP contribution in [0.4, 0.5) is 13.2 Å². The lowest BCUT2D eigenvalue weighted by molar-refractivity contribution is -0.142. The minimum absolute atomic E-state index is 0.0695. The third kappa shape index (κ3) is 1.94. The minimum Gasteiger partial charge on any atom is -0.480 e. The van der Waals surface area contributed by atoms with Crippen LogP contribution in [0.25, 0.3) is 0 Å². The Balaban J connectivity index is 2.50. The third-order valence-electron chi connectivity index (χ3n) is 3.31. The number of carboxylic acids is 1. The van der Waals surface area contributed by atoms with E-state index < -0.39 is 29.2 Å². The average molecular weight is 260 g/mol. The summed E-state index contributed by atoms with van der Waals surface area (Å²) in [6, 6.07) is -0.125. The predicted octanol–water partition coefficient (Wildman–Crippen LogP) is 1.54. The van der Waals surface area contributed by atoms with Crippen molar-refractivity contribution in [2.45, 2.75) is 30.5 Å². The monoisotopic (exact) mass is 260 g/mol. The largest absolute Gasteiger partial charge is 0.480 e. The Labute approximate surface area is 101 Å². The van der Waals surface area contributed by atoms with Crippen LogP contribution in [0.15, 0.2) is 18.5 Å². The Bertz CT molecular complexity index is 483. The molecule has 1 unspecified atom stereocenters. The maximum atomic E-state index is 12.8. The molecule has 1 aliphatic carbocycles. The van der Waals surface area contributed by atoms with E-state index >= 15 is 0 Å². The van der Waals surface area contributed by atoms with E-state index in [4.69, 9.17) is 10.8 Å². The fourth-order valence-electron chi connectivity index (χ4n) is 2.17. The van der Waals surface area contributed by atoms with Gasteiger partial charge in [-0.3, -0.25) is 9.78 Å². The molecule has 1 atom stereocenters. The number of nitrogens with two attached hydrogens (primary N) is 1. The van der Waals surface area contributed by atoms with Gasteiger partial charge in [0.25, 0.3) is 0 Å². The number of pyridine rings is 1. The number of aliphatic carboxylic acids is 1. The van der Waals surface area contributed by atoms with Gasteiger partial charge in [-0.1, -0.05) is 0 Å². The van der Waals surface area contributed by atoms with Gasteiger partial charge in [0, 0.05) is 17.8 Å². The Hall–Kier alpha value is -1.63. The van der Waals surface area contributed by atoms with E-state index in [9.17, 15) is 18.0 Å². The van der Waals surface area contributed by atoms with Gasteiger partial charge >= 0.3 is 12.1 Å². The number of aromatic nitrogens is 1. The third-order valence-corrected chi connectivity index (χ3v) is 3.31. The number of hydrogen-bond acceptors (Lipinski definition) is 3. The molecule has 7 heteroatoms. The molecule has 0 saturated heterocycles. The molecule has 0 amide bonds. The molecular weight excluding hydrogens is 249 g/mol. The zero-order chi connectivity index (χ0) is 13.6. The normalized spacial score (nSPS) is 19.3. The summed E-state index contributed by atoms with van der Waals surface area (Å²) in [6.45, 7) is 0. The highest BCUT2D eigenvalue weighted by Crippen LogP contribution is 2.53. The molecule has 1 fully saturated rings. The van der Waals surface area contributed by atoms with Crippen molar-refractivity contribution in [3.05, 3.63) is 29.6 Å². The number of nitrogens with zero attached hydrogens (tertiary/aromatic N) is 1. The van der Waals surface area contributed by atoms with Crippen molar-refractivity contribution >= 4 is 5.97 Å². The maximum absolute atomic E-state index is 12.8. The van der Waals surface area contributed by atoms with Gasteiger partial charge in [0.15, 0.2) is 0 Å². The molecule has 3 N–H and O–H groups in total. The van der Waals surface area contributed by atoms with Crippen LogP contribution in [0.2, 0.25) is 0 Å². The van der Waals surface area contributed by atoms with E-state index in [1.165, 1.54) is 12.3 Å². The molecule has 1 saturated carbocycles. The van der Waals surface area contributed by atoms with Crippen LogP contribution in [0.1, 0.15) is 24.0 Å². The zero-order valence-corrected chi connectivity index (χ0v) is 9.24. The van der Waals surface area contributed by atoms with Gasteiger partial charge in [-0.05, 0) is 24.5 Å².